The fourth-order valence-electron chi connectivity index (χ4n) is 0.0940. The molecule has 0 saturated heterocycles. The van der Waals surface area contributed by atoms with Gasteiger partial charge < -0.3 is 10.8 Å². The molecule has 0 aliphatic heterocycles. The van der Waals surface area contributed by atoms with Crippen LogP contribution in [0, 0.1) is 0 Å². The van der Waals surface area contributed by atoms with Crippen LogP contribution in [-0.2, 0) is 0 Å². The van der Waals surface area contributed by atoms with Gasteiger partial charge in [-0.15, -0.1) is 0 Å². The van der Waals surface area contributed by atoms with Gasteiger partial charge in [-0.25, -0.2) is 4.79 Å². The predicted octanol–water partition coefficient (Wildman–Crippen LogP) is 0.146. The van der Waals surface area contributed by atoms with Crippen LogP contribution in [-0.4, -0.2) is 15.5 Å². The minimum absolute atomic E-state index is 0.0624. The molecule has 0 aliphatic rings. The monoisotopic (exact) mass is 152 g/mol. The van der Waals surface area contributed by atoms with Gasteiger partial charge in [0.2, 0.25) is 0 Å². The first kappa shape index (κ1) is 7.51. The molecule has 0 bridgehead atoms. The molecular formula is C2H4N2O2S2. The number of hydrogen-bond acceptors (Lipinski definition) is 3. The van der Waals surface area contributed by atoms with E-state index in [1.54, 1.807) is 0 Å². The van der Waals surface area contributed by atoms with E-state index in [2.05, 4.69) is 12.2 Å². The molecule has 0 radical (unpaired) electrons. The maximum absolute atomic E-state index is 9.66. The van der Waals surface area contributed by atoms with Crippen LogP contribution in [0.15, 0.2) is 0 Å². The first-order chi connectivity index (χ1) is 3.63. The largest absolute Gasteiger partial charge is 0.464 e. The lowest BCUT2D eigenvalue weighted by Crippen LogP contribution is -2.17. The SMILES string of the molecule is NC(=S)SNC(=O)O. The third kappa shape index (κ3) is 5.51. The lowest BCUT2D eigenvalue weighted by atomic mass is 11.3. The van der Waals surface area contributed by atoms with Crippen molar-refractivity contribution in [1.29, 1.82) is 0 Å². The Morgan fingerprint density at radius 3 is 2.50 bits per heavy atom. The number of thiocarbonyl (C=S) groups is 1. The minimum atomic E-state index is -1.15. The lowest BCUT2D eigenvalue weighted by molar-refractivity contribution is 0.202. The molecule has 1 amide bonds. The van der Waals surface area contributed by atoms with Crippen molar-refractivity contribution in [2.45, 2.75) is 0 Å². The highest BCUT2D eigenvalue weighted by Gasteiger charge is 1.93. The average Bonchev–Trinajstić information content (AvgIpc) is 1.61. The number of nitrogens with one attached hydrogen (secondary N) is 1. The van der Waals surface area contributed by atoms with Crippen molar-refractivity contribution >= 4 is 34.6 Å². The molecular weight excluding hydrogens is 148 g/mol. The molecule has 0 rings (SSSR count). The molecule has 0 fully saturated rings. The highest BCUT2D eigenvalue weighted by molar-refractivity contribution is 8.21. The number of hydrogen-bond donors (Lipinski definition) is 3. The van der Waals surface area contributed by atoms with Crippen LogP contribution in [0.4, 0.5) is 4.79 Å². The molecule has 0 spiro atoms. The molecule has 4 N–H and O–H groups in total. The Hall–Kier alpha value is -0.490. The molecule has 0 atom stereocenters. The standard InChI is InChI=1S/C2H4N2O2S2/c3-1(7)8-4-2(5)6/h4H,(H2,3,7)(H,5,6). The topological polar surface area (TPSA) is 75.3 Å². The van der Waals surface area contributed by atoms with Gasteiger partial charge in [-0.2, -0.15) is 0 Å². The van der Waals surface area contributed by atoms with E-state index in [1.165, 1.54) is 0 Å². The van der Waals surface area contributed by atoms with Crippen LogP contribution >= 0.6 is 24.2 Å². The van der Waals surface area contributed by atoms with Gasteiger partial charge in [-0.1, -0.05) is 12.2 Å². The maximum Gasteiger partial charge on any atom is 0.415 e. The number of carboxylic acid groups (broad SMARTS) is 1. The third-order valence-corrected chi connectivity index (χ3v) is 0.967. The second kappa shape index (κ2) is 3.50. The molecule has 0 aromatic rings. The van der Waals surface area contributed by atoms with E-state index in [9.17, 15) is 4.79 Å². The molecule has 0 saturated carbocycles. The van der Waals surface area contributed by atoms with E-state index in [0.717, 1.165) is 0 Å². The third-order valence-electron chi connectivity index (χ3n) is 0.239. The van der Waals surface area contributed by atoms with Crippen molar-refractivity contribution < 1.29 is 9.90 Å². The maximum atomic E-state index is 9.66. The van der Waals surface area contributed by atoms with Crippen molar-refractivity contribution in [1.82, 2.24) is 4.72 Å². The van der Waals surface area contributed by atoms with Crippen molar-refractivity contribution in [3.63, 3.8) is 0 Å². The first-order valence-corrected chi connectivity index (χ1v) is 2.80. The Morgan fingerprint density at radius 2 is 2.38 bits per heavy atom. The van der Waals surface area contributed by atoms with Crippen LogP contribution in [0.25, 0.3) is 0 Å². The zero-order valence-corrected chi connectivity index (χ0v) is 5.38. The molecule has 0 unspecified atom stereocenters. The van der Waals surface area contributed by atoms with E-state index < -0.39 is 6.09 Å². The van der Waals surface area contributed by atoms with Crippen LogP contribution < -0.4 is 10.5 Å². The van der Waals surface area contributed by atoms with E-state index in [4.69, 9.17) is 10.8 Å². The Kier molecular flexibility index (Phi) is 3.29. The van der Waals surface area contributed by atoms with Crippen molar-refractivity contribution in [2.75, 3.05) is 0 Å². The van der Waals surface area contributed by atoms with Gasteiger partial charge in [-0.05, 0) is 0 Å². The first-order valence-electron chi connectivity index (χ1n) is 1.58. The summed E-state index contributed by atoms with van der Waals surface area (Å²) in [5.41, 5.74) is 4.91. The summed E-state index contributed by atoms with van der Waals surface area (Å²) in [6, 6.07) is 0. The van der Waals surface area contributed by atoms with Gasteiger partial charge >= 0.3 is 6.09 Å². The Bertz CT molecular complexity index is 101. The Labute approximate surface area is 55.6 Å². The summed E-state index contributed by atoms with van der Waals surface area (Å²) in [5, 5.41) is 7.92. The molecule has 8 heavy (non-hydrogen) atoms. The van der Waals surface area contributed by atoms with Crippen LogP contribution in [0.1, 0.15) is 0 Å². The number of amides is 1. The summed E-state index contributed by atoms with van der Waals surface area (Å²) in [6.45, 7) is 0. The van der Waals surface area contributed by atoms with Gasteiger partial charge in [-0.3, -0.25) is 4.72 Å². The van der Waals surface area contributed by atoms with Gasteiger partial charge in [0.05, 0.1) is 0 Å². The van der Waals surface area contributed by atoms with Gasteiger partial charge in [0, 0.05) is 11.9 Å². The lowest BCUT2D eigenvalue weighted by Gasteiger charge is -1.92. The van der Waals surface area contributed by atoms with Crippen molar-refractivity contribution in [3.05, 3.63) is 0 Å². The summed E-state index contributed by atoms with van der Waals surface area (Å²) >= 11 is 5.03. The zero-order chi connectivity index (χ0) is 6.57. The molecule has 0 aromatic heterocycles. The van der Waals surface area contributed by atoms with E-state index in [0.29, 0.717) is 11.9 Å². The van der Waals surface area contributed by atoms with Gasteiger partial charge in [0.15, 0.2) is 4.32 Å². The normalized spacial score (nSPS) is 8.00. The van der Waals surface area contributed by atoms with E-state index in [-0.39, 0.29) is 4.32 Å². The fourth-order valence-corrected chi connectivity index (χ4v) is 0.407. The highest BCUT2D eigenvalue weighted by Crippen LogP contribution is 1.89. The number of carbonyl (C=O) groups is 1. The van der Waals surface area contributed by atoms with E-state index >= 15 is 0 Å². The molecule has 0 aliphatic carbocycles. The average molecular weight is 152 g/mol. The van der Waals surface area contributed by atoms with Crippen LogP contribution in [0.5, 0.6) is 0 Å². The summed E-state index contributed by atoms with van der Waals surface area (Å²) in [4.78, 5) is 9.66. The number of rotatable bonds is 0. The van der Waals surface area contributed by atoms with Crippen LogP contribution in [0.3, 0.4) is 0 Å². The van der Waals surface area contributed by atoms with E-state index in [1.807, 2.05) is 4.72 Å². The summed E-state index contributed by atoms with van der Waals surface area (Å²) < 4.78 is 1.97. The molecule has 0 aromatic carbocycles. The zero-order valence-electron chi connectivity index (χ0n) is 3.75. The molecule has 46 valence electrons. The second-order valence-electron chi connectivity index (χ2n) is 0.828. The second-order valence-corrected chi connectivity index (χ2v) is 2.37. The summed E-state index contributed by atoms with van der Waals surface area (Å²) in [7, 11) is 0. The van der Waals surface area contributed by atoms with Crippen LogP contribution in [0.2, 0.25) is 0 Å². The molecule has 0 heterocycles. The summed E-state index contributed by atoms with van der Waals surface area (Å²) in [5.74, 6) is 0. The Balaban J connectivity index is 3.18. The highest BCUT2D eigenvalue weighted by atomic mass is 32.2. The van der Waals surface area contributed by atoms with Gasteiger partial charge in [0.25, 0.3) is 0 Å². The smallest absolute Gasteiger partial charge is 0.415 e. The molecule has 6 heteroatoms. The predicted molar refractivity (Wildman–Crippen MR) is 35.5 cm³/mol. The fraction of sp³-hybridized carbons (Fsp3) is 0. The minimum Gasteiger partial charge on any atom is -0.464 e. The quantitative estimate of drug-likeness (QED) is 0.340. The summed E-state index contributed by atoms with van der Waals surface area (Å²) in [6.07, 6.45) is -1.15. The number of nitrogens with two attached hydrogens (primary N) is 1. The Morgan fingerprint density at radius 1 is 1.88 bits per heavy atom. The van der Waals surface area contributed by atoms with Crippen molar-refractivity contribution in [2.24, 2.45) is 5.73 Å². The molecule has 4 nitrogen and oxygen atoms in total. The van der Waals surface area contributed by atoms with Crippen molar-refractivity contribution in [3.8, 4) is 0 Å². The van der Waals surface area contributed by atoms with Gasteiger partial charge in [0.1, 0.15) is 0 Å².